The second kappa shape index (κ2) is 8.73. The van der Waals surface area contributed by atoms with Gasteiger partial charge < -0.3 is 14.2 Å². The van der Waals surface area contributed by atoms with Crippen molar-refractivity contribution in [3.63, 3.8) is 0 Å². The van der Waals surface area contributed by atoms with E-state index in [-0.39, 0.29) is 13.2 Å². The molecular formula is C23H23NO5. The minimum atomic E-state index is -0.549. The first-order valence-corrected chi connectivity index (χ1v) is 9.22. The highest BCUT2D eigenvalue weighted by Crippen LogP contribution is 2.24. The molecule has 150 valence electrons. The topological polar surface area (TPSA) is 74.7 Å². The van der Waals surface area contributed by atoms with Gasteiger partial charge in [-0.25, -0.2) is 14.6 Å². The van der Waals surface area contributed by atoms with Crippen molar-refractivity contribution in [3.05, 3.63) is 70.4 Å². The Labute approximate surface area is 169 Å². The molecule has 0 aliphatic carbocycles. The molecule has 0 atom stereocenters. The van der Waals surface area contributed by atoms with Crippen LogP contribution in [0.1, 0.15) is 32.7 Å². The molecule has 0 radical (unpaired) electrons. The van der Waals surface area contributed by atoms with Crippen molar-refractivity contribution in [3.8, 4) is 5.75 Å². The third-order valence-electron chi connectivity index (χ3n) is 4.54. The van der Waals surface area contributed by atoms with Gasteiger partial charge in [0.2, 0.25) is 0 Å². The third-order valence-corrected chi connectivity index (χ3v) is 4.54. The quantitative estimate of drug-likeness (QED) is 0.588. The molecule has 3 rings (SSSR count). The van der Waals surface area contributed by atoms with Gasteiger partial charge in [-0.3, -0.25) is 0 Å². The number of aromatic nitrogens is 1. The number of hydrogen-bond acceptors (Lipinski definition) is 6. The van der Waals surface area contributed by atoms with Gasteiger partial charge in [0.15, 0.2) is 6.61 Å². The molecule has 1 aromatic heterocycles. The Morgan fingerprint density at radius 1 is 1.00 bits per heavy atom. The molecular weight excluding hydrogens is 370 g/mol. The second-order valence-corrected chi connectivity index (χ2v) is 6.84. The molecule has 29 heavy (non-hydrogen) atoms. The van der Waals surface area contributed by atoms with E-state index >= 15 is 0 Å². The van der Waals surface area contributed by atoms with Crippen molar-refractivity contribution in [1.82, 2.24) is 4.98 Å². The number of esters is 2. The van der Waals surface area contributed by atoms with E-state index in [2.05, 4.69) is 4.98 Å². The molecule has 0 fully saturated rings. The lowest BCUT2D eigenvalue weighted by atomic mass is 10.0. The molecule has 0 N–H and O–H groups in total. The van der Waals surface area contributed by atoms with Crippen LogP contribution in [0.4, 0.5) is 0 Å². The van der Waals surface area contributed by atoms with Gasteiger partial charge in [0.05, 0.1) is 23.9 Å². The summed E-state index contributed by atoms with van der Waals surface area (Å²) in [6, 6.07) is 13.2. The fourth-order valence-corrected chi connectivity index (χ4v) is 3.27. The van der Waals surface area contributed by atoms with Crippen LogP contribution in [0.25, 0.3) is 10.9 Å². The maximum Gasteiger partial charge on any atom is 0.344 e. The van der Waals surface area contributed by atoms with Gasteiger partial charge in [-0.05, 0) is 55.7 Å². The number of carbonyl (C=O) groups excluding carboxylic acids is 2. The van der Waals surface area contributed by atoms with E-state index < -0.39 is 11.9 Å². The van der Waals surface area contributed by atoms with Crippen LogP contribution in [0.15, 0.2) is 42.5 Å². The minimum Gasteiger partial charge on any atom is -0.482 e. The van der Waals surface area contributed by atoms with Crippen molar-refractivity contribution >= 4 is 22.8 Å². The SMILES string of the molecule is COC(=O)c1c(COC(=O)COc2cc(C)cc(C)c2)nc2ccccc2c1C. The molecule has 6 nitrogen and oxygen atoms in total. The average molecular weight is 393 g/mol. The van der Waals surface area contributed by atoms with Crippen LogP contribution in [-0.2, 0) is 20.9 Å². The van der Waals surface area contributed by atoms with E-state index in [4.69, 9.17) is 14.2 Å². The number of hydrogen-bond donors (Lipinski definition) is 0. The van der Waals surface area contributed by atoms with Crippen LogP contribution >= 0.6 is 0 Å². The first-order chi connectivity index (χ1) is 13.9. The number of fused-ring (bicyclic) bond motifs is 1. The summed E-state index contributed by atoms with van der Waals surface area (Å²) in [4.78, 5) is 29.0. The van der Waals surface area contributed by atoms with Crippen LogP contribution in [-0.4, -0.2) is 30.6 Å². The zero-order valence-electron chi connectivity index (χ0n) is 16.9. The lowest BCUT2D eigenvalue weighted by Crippen LogP contribution is -2.17. The molecule has 0 unspecified atom stereocenters. The summed E-state index contributed by atoms with van der Waals surface area (Å²) in [7, 11) is 1.31. The number of ether oxygens (including phenoxy) is 3. The first kappa shape index (κ1) is 20.3. The van der Waals surface area contributed by atoms with Gasteiger partial charge >= 0.3 is 11.9 Å². The van der Waals surface area contributed by atoms with Gasteiger partial charge in [0.1, 0.15) is 12.4 Å². The molecule has 3 aromatic rings. The standard InChI is InChI=1S/C23H23NO5/c1-14-9-15(2)11-17(10-14)28-13-21(25)29-12-20-22(23(26)27-4)16(3)18-7-5-6-8-19(18)24-20/h5-11H,12-13H2,1-4H3. The van der Waals surface area contributed by atoms with Crippen molar-refractivity contribution in [2.75, 3.05) is 13.7 Å². The van der Waals surface area contributed by atoms with Gasteiger partial charge in [-0.2, -0.15) is 0 Å². The van der Waals surface area contributed by atoms with Gasteiger partial charge in [-0.1, -0.05) is 24.3 Å². The smallest absolute Gasteiger partial charge is 0.344 e. The molecule has 6 heteroatoms. The summed E-state index contributed by atoms with van der Waals surface area (Å²) >= 11 is 0. The molecule has 1 heterocycles. The Hall–Kier alpha value is -3.41. The summed E-state index contributed by atoms with van der Waals surface area (Å²) in [5.41, 5.74) is 4.22. The van der Waals surface area contributed by atoms with Gasteiger partial charge in [0, 0.05) is 5.39 Å². The summed E-state index contributed by atoms with van der Waals surface area (Å²) in [5.74, 6) is -0.458. The number of methoxy groups -OCH3 is 1. The minimum absolute atomic E-state index is 0.148. The van der Waals surface area contributed by atoms with Gasteiger partial charge in [-0.15, -0.1) is 0 Å². The normalized spacial score (nSPS) is 10.6. The van der Waals surface area contributed by atoms with Crippen LogP contribution in [0, 0.1) is 20.8 Å². The second-order valence-electron chi connectivity index (χ2n) is 6.84. The molecule has 0 saturated heterocycles. The van der Waals surface area contributed by atoms with Crippen molar-refractivity contribution in [2.24, 2.45) is 0 Å². The summed E-state index contributed by atoms with van der Waals surface area (Å²) in [5, 5.41) is 0.848. The molecule has 0 saturated carbocycles. The highest BCUT2D eigenvalue weighted by molar-refractivity contribution is 5.98. The van der Waals surface area contributed by atoms with E-state index in [0.29, 0.717) is 17.0 Å². The van der Waals surface area contributed by atoms with Crippen LogP contribution in [0.2, 0.25) is 0 Å². The van der Waals surface area contributed by atoms with E-state index in [1.165, 1.54) is 7.11 Å². The van der Waals surface area contributed by atoms with Gasteiger partial charge in [0.25, 0.3) is 0 Å². The Morgan fingerprint density at radius 2 is 1.69 bits per heavy atom. The third kappa shape index (κ3) is 4.71. The fourth-order valence-electron chi connectivity index (χ4n) is 3.27. The number of pyridine rings is 1. The maximum absolute atomic E-state index is 12.3. The van der Waals surface area contributed by atoms with E-state index in [1.807, 2.05) is 63.2 Å². The highest BCUT2D eigenvalue weighted by atomic mass is 16.6. The zero-order chi connectivity index (χ0) is 21.0. The number of benzene rings is 2. The Bertz CT molecular complexity index is 1050. The van der Waals surface area contributed by atoms with Crippen molar-refractivity contribution < 1.29 is 23.8 Å². The summed E-state index contributed by atoms with van der Waals surface area (Å²) in [6.07, 6.45) is 0. The number of rotatable bonds is 6. The predicted octanol–water partition coefficient (Wildman–Crippen LogP) is 4.07. The number of nitrogens with zero attached hydrogens (tertiary/aromatic N) is 1. The Kier molecular flexibility index (Phi) is 6.12. The molecule has 0 aliphatic heterocycles. The van der Waals surface area contributed by atoms with Crippen LogP contribution < -0.4 is 4.74 Å². The summed E-state index contributed by atoms with van der Waals surface area (Å²) in [6.45, 7) is 5.36. The van der Waals surface area contributed by atoms with Crippen molar-refractivity contribution in [2.45, 2.75) is 27.4 Å². The Morgan fingerprint density at radius 3 is 2.38 bits per heavy atom. The monoisotopic (exact) mass is 393 g/mol. The predicted molar refractivity (Wildman–Crippen MR) is 109 cm³/mol. The highest BCUT2D eigenvalue weighted by Gasteiger charge is 2.20. The lowest BCUT2D eigenvalue weighted by Gasteiger charge is -2.14. The van der Waals surface area contributed by atoms with E-state index in [0.717, 1.165) is 27.6 Å². The number of para-hydroxylation sites is 1. The summed E-state index contributed by atoms with van der Waals surface area (Å²) < 4.78 is 15.7. The van der Waals surface area contributed by atoms with Crippen LogP contribution in [0.5, 0.6) is 5.75 Å². The van der Waals surface area contributed by atoms with Crippen LogP contribution in [0.3, 0.4) is 0 Å². The largest absolute Gasteiger partial charge is 0.482 e. The molecule has 0 aliphatic rings. The first-order valence-electron chi connectivity index (χ1n) is 9.22. The molecule has 0 bridgehead atoms. The zero-order valence-corrected chi connectivity index (χ0v) is 16.9. The molecule has 0 amide bonds. The fraction of sp³-hybridized carbons (Fsp3) is 0.261. The maximum atomic E-state index is 12.3. The van der Waals surface area contributed by atoms with E-state index in [1.54, 1.807) is 0 Å². The number of aryl methyl sites for hydroxylation is 3. The average Bonchev–Trinajstić information content (AvgIpc) is 2.69. The lowest BCUT2D eigenvalue weighted by molar-refractivity contribution is -0.147. The molecule has 0 spiro atoms. The van der Waals surface area contributed by atoms with Crippen molar-refractivity contribution in [1.29, 1.82) is 0 Å². The molecule has 2 aromatic carbocycles. The number of carbonyl (C=O) groups is 2. The van der Waals surface area contributed by atoms with E-state index in [9.17, 15) is 9.59 Å². The Balaban J connectivity index is 1.75.